The molecule has 0 aliphatic carbocycles. The molecule has 1 fully saturated rings. The van der Waals surface area contributed by atoms with Crippen molar-refractivity contribution in [3.8, 4) is 0 Å². The van der Waals surface area contributed by atoms with E-state index in [2.05, 4.69) is 21.2 Å². The minimum absolute atomic E-state index is 0.102. The van der Waals surface area contributed by atoms with E-state index in [1.807, 2.05) is 18.2 Å². The first-order chi connectivity index (χ1) is 10.9. The summed E-state index contributed by atoms with van der Waals surface area (Å²) in [5.74, 6) is -0.692. The number of rotatable bonds is 3. The lowest BCUT2D eigenvalue weighted by atomic mass is 9.92. The summed E-state index contributed by atoms with van der Waals surface area (Å²) in [6.07, 6.45) is 0. The number of nitrogens with zero attached hydrogens (tertiary/aromatic N) is 1. The molecule has 1 atom stereocenters. The van der Waals surface area contributed by atoms with Crippen molar-refractivity contribution < 1.29 is 14.0 Å². The number of amides is 3. The molecule has 0 bridgehead atoms. The van der Waals surface area contributed by atoms with Crippen LogP contribution in [0, 0.1) is 5.82 Å². The first kappa shape index (κ1) is 15.7. The van der Waals surface area contributed by atoms with Crippen LogP contribution in [0.3, 0.4) is 0 Å². The van der Waals surface area contributed by atoms with E-state index in [1.54, 1.807) is 25.1 Å². The summed E-state index contributed by atoms with van der Waals surface area (Å²) < 4.78 is 13.7. The Morgan fingerprint density at radius 1 is 1.13 bits per heavy atom. The number of carbonyl (C=O) groups is 2. The molecular weight excluding hydrogens is 363 g/mol. The molecule has 0 aromatic heterocycles. The first-order valence-corrected chi connectivity index (χ1v) is 7.84. The highest BCUT2D eigenvalue weighted by Crippen LogP contribution is 2.34. The molecule has 0 spiro atoms. The lowest BCUT2D eigenvalue weighted by Crippen LogP contribution is -2.41. The third-order valence-corrected chi connectivity index (χ3v) is 4.63. The lowest BCUT2D eigenvalue weighted by Gasteiger charge is -2.23. The smallest absolute Gasteiger partial charge is 0.319 e. The summed E-state index contributed by atoms with van der Waals surface area (Å²) in [6, 6.07) is 12.5. The molecular formula is C17H14BrFN2O2. The quantitative estimate of drug-likeness (QED) is 0.832. The van der Waals surface area contributed by atoms with Gasteiger partial charge in [-0.05, 0) is 30.7 Å². The minimum Gasteiger partial charge on any atom is -0.319 e. The van der Waals surface area contributed by atoms with E-state index in [0.29, 0.717) is 11.1 Å². The van der Waals surface area contributed by atoms with Crippen molar-refractivity contribution in [2.75, 3.05) is 0 Å². The Hall–Kier alpha value is -2.21. The van der Waals surface area contributed by atoms with Gasteiger partial charge in [-0.15, -0.1) is 0 Å². The van der Waals surface area contributed by atoms with E-state index >= 15 is 0 Å². The standard InChI is InChI=1S/C17H14BrFN2O2/c1-17(13-4-2-3-5-14(13)18)15(22)21(16(23)20-17)10-11-6-8-12(19)9-7-11/h2-9H,10H2,1H3,(H,20,23). The average Bonchev–Trinajstić information content (AvgIpc) is 2.74. The fourth-order valence-corrected chi connectivity index (χ4v) is 3.34. The van der Waals surface area contributed by atoms with Gasteiger partial charge in [-0.3, -0.25) is 9.69 Å². The molecule has 23 heavy (non-hydrogen) atoms. The van der Waals surface area contributed by atoms with Gasteiger partial charge in [0.05, 0.1) is 6.54 Å². The second-order valence-electron chi connectivity index (χ2n) is 5.55. The zero-order valence-corrected chi connectivity index (χ0v) is 13.9. The van der Waals surface area contributed by atoms with Crippen molar-refractivity contribution in [2.24, 2.45) is 0 Å². The Morgan fingerprint density at radius 3 is 2.43 bits per heavy atom. The molecule has 0 radical (unpaired) electrons. The third kappa shape index (κ3) is 2.74. The molecule has 3 rings (SSSR count). The van der Waals surface area contributed by atoms with Gasteiger partial charge in [-0.2, -0.15) is 0 Å². The highest BCUT2D eigenvalue weighted by Gasteiger charge is 2.49. The maximum atomic E-state index is 13.0. The second kappa shape index (κ2) is 5.77. The summed E-state index contributed by atoms with van der Waals surface area (Å²) in [5, 5.41) is 2.75. The molecule has 4 nitrogen and oxygen atoms in total. The van der Waals surface area contributed by atoms with Gasteiger partial charge in [0.15, 0.2) is 0 Å². The van der Waals surface area contributed by atoms with E-state index in [1.165, 1.54) is 12.1 Å². The highest BCUT2D eigenvalue weighted by molar-refractivity contribution is 9.10. The fourth-order valence-electron chi connectivity index (χ4n) is 2.66. The molecule has 2 aromatic rings. The summed E-state index contributed by atoms with van der Waals surface area (Å²) >= 11 is 3.42. The minimum atomic E-state index is -1.13. The van der Waals surface area contributed by atoms with Crippen molar-refractivity contribution in [3.05, 3.63) is 69.9 Å². The summed E-state index contributed by atoms with van der Waals surface area (Å²) in [4.78, 5) is 26.2. The van der Waals surface area contributed by atoms with Crippen LogP contribution in [0.4, 0.5) is 9.18 Å². The fraction of sp³-hybridized carbons (Fsp3) is 0.176. The zero-order chi connectivity index (χ0) is 16.6. The third-order valence-electron chi connectivity index (χ3n) is 3.94. The van der Waals surface area contributed by atoms with Crippen molar-refractivity contribution in [1.82, 2.24) is 10.2 Å². The number of hydrogen-bond acceptors (Lipinski definition) is 2. The van der Waals surface area contributed by atoms with Crippen molar-refractivity contribution in [2.45, 2.75) is 19.0 Å². The van der Waals surface area contributed by atoms with Crippen LogP contribution in [0.5, 0.6) is 0 Å². The van der Waals surface area contributed by atoms with Crippen molar-refractivity contribution in [3.63, 3.8) is 0 Å². The number of carbonyl (C=O) groups excluding carboxylic acids is 2. The molecule has 1 aliphatic rings. The van der Waals surface area contributed by atoms with Crippen LogP contribution in [0.1, 0.15) is 18.1 Å². The number of halogens is 2. The second-order valence-corrected chi connectivity index (χ2v) is 6.41. The van der Waals surface area contributed by atoms with Gasteiger partial charge < -0.3 is 5.32 Å². The number of hydrogen-bond donors (Lipinski definition) is 1. The van der Waals surface area contributed by atoms with Gasteiger partial charge >= 0.3 is 6.03 Å². The van der Waals surface area contributed by atoms with Crippen LogP contribution in [-0.2, 0) is 16.9 Å². The molecule has 1 saturated heterocycles. The van der Waals surface area contributed by atoms with Crippen LogP contribution in [0.2, 0.25) is 0 Å². The highest BCUT2D eigenvalue weighted by atomic mass is 79.9. The molecule has 1 N–H and O–H groups in total. The van der Waals surface area contributed by atoms with Crippen LogP contribution in [0.25, 0.3) is 0 Å². The van der Waals surface area contributed by atoms with E-state index < -0.39 is 11.6 Å². The maximum absolute atomic E-state index is 13.0. The molecule has 3 amide bonds. The van der Waals surface area contributed by atoms with E-state index in [0.717, 1.165) is 9.37 Å². The Bertz CT molecular complexity index is 778. The van der Waals surface area contributed by atoms with E-state index in [9.17, 15) is 14.0 Å². The molecule has 118 valence electrons. The number of benzene rings is 2. The Labute approximate surface area is 141 Å². The van der Waals surface area contributed by atoms with Gasteiger partial charge in [0.25, 0.3) is 5.91 Å². The summed E-state index contributed by atoms with van der Waals surface area (Å²) in [6.45, 7) is 1.78. The Balaban J connectivity index is 1.91. The first-order valence-electron chi connectivity index (χ1n) is 7.05. The van der Waals surface area contributed by atoms with Crippen molar-refractivity contribution >= 4 is 27.9 Å². The monoisotopic (exact) mass is 376 g/mol. The van der Waals surface area contributed by atoms with E-state index in [4.69, 9.17) is 0 Å². The van der Waals surface area contributed by atoms with Crippen LogP contribution in [-0.4, -0.2) is 16.8 Å². The Morgan fingerprint density at radius 2 is 1.78 bits per heavy atom. The normalized spacial score (nSPS) is 20.7. The van der Waals surface area contributed by atoms with Gasteiger partial charge in [0.2, 0.25) is 0 Å². The molecule has 6 heteroatoms. The zero-order valence-electron chi connectivity index (χ0n) is 12.3. The predicted octanol–water partition coefficient (Wildman–Crippen LogP) is 3.56. The van der Waals surface area contributed by atoms with Gasteiger partial charge in [-0.1, -0.05) is 46.3 Å². The number of nitrogens with one attached hydrogen (secondary N) is 1. The van der Waals surface area contributed by atoms with Crippen LogP contribution in [0.15, 0.2) is 53.0 Å². The number of imide groups is 1. The van der Waals surface area contributed by atoms with Crippen LogP contribution < -0.4 is 5.32 Å². The van der Waals surface area contributed by atoms with E-state index in [-0.39, 0.29) is 18.3 Å². The number of urea groups is 1. The van der Waals surface area contributed by atoms with Crippen LogP contribution >= 0.6 is 15.9 Å². The molecule has 1 heterocycles. The average molecular weight is 377 g/mol. The van der Waals surface area contributed by atoms with Crippen molar-refractivity contribution in [1.29, 1.82) is 0 Å². The molecule has 1 aliphatic heterocycles. The molecule has 1 unspecified atom stereocenters. The largest absolute Gasteiger partial charge is 0.325 e. The molecule has 2 aromatic carbocycles. The Kier molecular flexibility index (Phi) is 3.93. The maximum Gasteiger partial charge on any atom is 0.325 e. The lowest BCUT2D eigenvalue weighted by molar-refractivity contribution is -0.131. The predicted molar refractivity (Wildman–Crippen MR) is 87.0 cm³/mol. The topological polar surface area (TPSA) is 49.4 Å². The summed E-state index contributed by atoms with van der Waals surface area (Å²) in [7, 11) is 0. The van der Waals surface area contributed by atoms with Gasteiger partial charge in [0, 0.05) is 10.0 Å². The van der Waals surface area contributed by atoms with Gasteiger partial charge in [0.1, 0.15) is 11.4 Å². The van der Waals surface area contributed by atoms with Gasteiger partial charge in [-0.25, -0.2) is 9.18 Å². The SMILES string of the molecule is CC1(c2ccccc2Br)NC(=O)N(Cc2ccc(F)cc2)C1=O. The molecule has 0 saturated carbocycles. The summed E-state index contributed by atoms with van der Waals surface area (Å²) in [5.41, 5.74) is 0.253.